The fourth-order valence-electron chi connectivity index (χ4n) is 5.70. The maximum absolute atomic E-state index is 8.15. The average Bonchev–Trinajstić information content (AvgIpc) is 2.96. The number of aromatic nitrogens is 1. The molecule has 0 amide bonds. The van der Waals surface area contributed by atoms with Crippen LogP contribution in [0.25, 0.3) is 65.5 Å². The summed E-state index contributed by atoms with van der Waals surface area (Å²) in [5, 5.41) is 16.7. The zero-order valence-corrected chi connectivity index (χ0v) is 20.1. The van der Waals surface area contributed by atoms with E-state index in [1.807, 2.05) is 42.6 Å². The Morgan fingerprint density at radius 3 is 1.84 bits per heavy atom. The number of nitrogens with zero attached hydrogens (tertiary/aromatic N) is 1. The summed E-state index contributed by atoms with van der Waals surface area (Å²) in [6.07, 6.45) is 1.88. The van der Waals surface area contributed by atoms with Crippen molar-refractivity contribution < 1.29 is 0 Å². The Labute approximate surface area is 214 Å². The van der Waals surface area contributed by atoms with Crippen LogP contribution in [0.3, 0.4) is 0 Å². The zero-order chi connectivity index (χ0) is 24.9. The second-order valence-electron chi connectivity index (χ2n) is 9.37. The molecule has 1 aromatic heterocycles. The smallest absolute Gasteiger partial charge is 0.123 e. The van der Waals surface area contributed by atoms with Crippen LogP contribution in [-0.2, 0) is 0 Å². The van der Waals surface area contributed by atoms with Gasteiger partial charge in [0, 0.05) is 17.1 Å². The molecule has 6 aromatic carbocycles. The Morgan fingerprint density at radius 2 is 1.14 bits per heavy atom. The van der Waals surface area contributed by atoms with Gasteiger partial charge in [-0.2, -0.15) is 0 Å². The van der Waals surface area contributed by atoms with Crippen LogP contribution in [0.4, 0.5) is 0 Å². The van der Waals surface area contributed by atoms with Crippen LogP contribution in [0.15, 0.2) is 121 Å². The van der Waals surface area contributed by atoms with Crippen molar-refractivity contribution in [2.24, 2.45) is 5.73 Å². The highest BCUT2D eigenvalue weighted by atomic mass is 14.7. The summed E-state index contributed by atoms with van der Waals surface area (Å²) < 4.78 is 0. The van der Waals surface area contributed by atoms with Crippen molar-refractivity contribution in [3.8, 4) is 22.3 Å². The topological polar surface area (TPSA) is 62.8 Å². The third-order valence-corrected chi connectivity index (χ3v) is 7.33. The molecular weight excluding hydrogens is 450 g/mol. The van der Waals surface area contributed by atoms with Gasteiger partial charge in [-0.15, -0.1) is 0 Å². The van der Waals surface area contributed by atoms with E-state index in [4.69, 9.17) is 16.1 Å². The number of fused-ring (bicyclic) bond motifs is 7. The van der Waals surface area contributed by atoms with Gasteiger partial charge in [-0.25, -0.2) is 0 Å². The number of hydrogen-bond acceptors (Lipinski definition) is 2. The van der Waals surface area contributed by atoms with Gasteiger partial charge >= 0.3 is 0 Å². The Balaban J connectivity index is 1.57. The minimum Gasteiger partial charge on any atom is -0.384 e. The van der Waals surface area contributed by atoms with Crippen molar-refractivity contribution in [3.63, 3.8) is 0 Å². The van der Waals surface area contributed by atoms with Crippen LogP contribution in [0, 0.1) is 5.41 Å². The molecule has 0 saturated heterocycles. The highest BCUT2D eigenvalue weighted by molar-refractivity contribution is 6.26. The Hall–Kier alpha value is -5.02. The summed E-state index contributed by atoms with van der Waals surface area (Å²) in [6.45, 7) is 0. The van der Waals surface area contributed by atoms with Crippen LogP contribution in [0.1, 0.15) is 5.56 Å². The van der Waals surface area contributed by atoms with Gasteiger partial charge in [-0.05, 0) is 72.8 Å². The van der Waals surface area contributed by atoms with E-state index in [0.29, 0.717) is 0 Å². The van der Waals surface area contributed by atoms with Crippen LogP contribution in [-0.4, -0.2) is 10.8 Å². The normalized spacial score (nSPS) is 11.5. The maximum Gasteiger partial charge on any atom is 0.123 e. The number of rotatable bonds is 3. The lowest BCUT2D eigenvalue weighted by Gasteiger charge is -2.16. The second kappa shape index (κ2) is 8.28. The number of nitrogens with one attached hydrogen (secondary N) is 1. The highest BCUT2D eigenvalue weighted by Gasteiger charge is 2.16. The Morgan fingerprint density at radius 1 is 0.541 bits per heavy atom. The summed E-state index contributed by atoms with van der Waals surface area (Å²) in [5.41, 5.74) is 11.8. The van der Waals surface area contributed by atoms with E-state index < -0.39 is 0 Å². The molecule has 0 atom stereocenters. The minimum absolute atomic E-state index is 0.0575. The lowest BCUT2D eigenvalue weighted by atomic mass is 9.89. The van der Waals surface area contributed by atoms with Gasteiger partial charge in [0.1, 0.15) is 5.84 Å². The maximum atomic E-state index is 8.15. The van der Waals surface area contributed by atoms with Gasteiger partial charge in [0.05, 0.1) is 5.52 Å². The van der Waals surface area contributed by atoms with E-state index in [2.05, 4.69) is 78.9 Å². The number of hydrogen-bond donors (Lipinski definition) is 2. The van der Waals surface area contributed by atoms with Crippen LogP contribution in [0.5, 0.6) is 0 Å². The first-order chi connectivity index (χ1) is 18.2. The molecular formula is C34H23N3. The summed E-state index contributed by atoms with van der Waals surface area (Å²) in [5.74, 6) is 0.0575. The molecule has 174 valence electrons. The Kier molecular flexibility index (Phi) is 4.76. The predicted octanol–water partition coefficient (Wildman–Crippen LogP) is 8.31. The zero-order valence-electron chi connectivity index (χ0n) is 20.1. The van der Waals surface area contributed by atoms with Gasteiger partial charge in [0.2, 0.25) is 0 Å². The average molecular weight is 474 g/mol. The lowest BCUT2D eigenvalue weighted by Crippen LogP contribution is -2.12. The molecule has 7 aromatic rings. The number of benzene rings is 6. The third kappa shape index (κ3) is 3.29. The van der Waals surface area contributed by atoms with Crippen molar-refractivity contribution in [2.45, 2.75) is 0 Å². The van der Waals surface area contributed by atoms with Gasteiger partial charge in [-0.3, -0.25) is 10.4 Å². The molecule has 37 heavy (non-hydrogen) atoms. The minimum atomic E-state index is 0.0575. The van der Waals surface area contributed by atoms with E-state index in [9.17, 15) is 0 Å². The van der Waals surface area contributed by atoms with Gasteiger partial charge in [-0.1, -0.05) is 97.1 Å². The molecule has 0 fully saturated rings. The number of pyridine rings is 1. The number of amidine groups is 1. The first-order valence-electron chi connectivity index (χ1n) is 12.4. The molecule has 7 rings (SSSR count). The molecule has 0 spiro atoms. The largest absolute Gasteiger partial charge is 0.384 e. The van der Waals surface area contributed by atoms with E-state index in [1.54, 1.807) is 0 Å². The van der Waals surface area contributed by atoms with Crippen LogP contribution >= 0.6 is 0 Å². The molecule has 0 aliphatic carbocycles. The van der Waals surface area contributed by atoms with Crippen molar-refractivity contribution in [3.05, 3.63) is 127 Å². The molecule has 0 saturated carbocycles. The SMILES string of the molecule is N=C(N)c1ccccc1-c1cccc2nccc(-c3ccc4c5ccccc5c5ccccc5c4c3)c12. The molecule has 0 aliphatic heterocycles. The van der Waals surface area contributed by atoms with E-state index in [0.717, 1.165) is 38.7 Å². The standard InChI is InChI=1S/C34H23N3/c35-34(36)30-13-6-5-12-27(30)29-14-7-15-32-33(29)22(18-19-37-32)21-16-17-28-25-10-2-1-8-23(25)24-9-3-4-11-26(24)31(28)20-21/h1-20H,(H3,35,36). The molecule has 0 unspecified atom stereocenters. The van der Waals surface area contributed by atoms with Gasteiger partial charge in [0.25, 0.3) is 0 Å². The van der Waals surface area contributed by atoms with Gasteiger partial charge < -0.3 is 5.73 Å². The summed E-state index contributed by atoms with van der Waals surface area (Å²) in [4.78, 5) is 4.70. The van der Waals surface area contributed by atoms with Gasteiger partial charge in [0.15, 0.2) is 0 Å². The fraction of sp³-hybridized carbons (Fsp3) is 0. The molecule has 0 aliphatic rings. The molecule has 0 bridgehead atoms. The second-order valence-corrected chi connectivity index (χ2v) is 9.37. The van der Waals surface area contributed by atoms with Crippen LogP contribution in [0.2, 0.25) is 0 Å². The molecule has 3 N–H and O–H groups in total. The number of nitrogens with two attached hydrogens (primary N) is 1. The fourth-order valence-corrected chi connectivity index (χ4v) is 5.70. The van der Waals surface area contributed by atoms with E-state index in [1.165, 1.54) is 32.3 Å². The Bertz CT molecular complexity index is 1980. The summed E-state index contributed by atoms with van der Waals surface area (Å²) >= 11 is 0. The number of nitrogen functional groups attached to an aromatic ring is 1. The molecule has 3 heteroatoms. The predicted molar refractivity (Wildman–Crippen MR) is 156 cm³/mol. The lowest BCUT2D eigenvalue weighted by molar-refractivity contribution is 1.40. The van der Waals surface area contributed by atoms with Crippen molar-refractivity contribution >= 4 is 49.1 Å². The first-order valence-corrected chi connectivity index (χ1v) is 12.4. The molecule has 0 radical (unpaired) electrons. The van der Waals surface area contributed by atoms with Crippen molar-refractivity contribution in [1.29, 1.82) is 5.41 Å². The molecule has 1 heterocycles. The van der Waals surface area contributed by atoms with E-state index in [-0.39, 0.29) is 5.84 Å². The van der Waals surface area contributed by atoms with E-state index >= 15 is 0 Å². The highest BCUT2D eigenvalue weighted by Crippen LogP contribution is 2.40. The monoisotopic (exact) mass is 473 g/mol. The first kappa shape index (κ1) is 21.3. The van der Waals surface area contributed by atoms with Crippen molar-refractivity contribution in [1.82, 2.24) is 4.98 Å². The van der Waals surface area contributed by atoms with Crippen molar-refractivity contribution in [2.75, 3.05) is 0 Å². The third-order valence-electron chi connectivity index (χ3n) is 7.33. The quantitative estimate of drug-likeness (QED) is 0.154. The van der Waals surface area contributed by atoms with Crippen LogP contribution < -0.4 is 5.73 Å². The summed E-state index contributed by atoms with van der Waals surface area (Å²) in [6, 6.07) is 40.2. The molecule has 3 nitrogen and oxygen atoms in total. The summed E-state index contributed by atoms with van der Waals surface area (Å²) in [7, 11) is 0.